The molecule has 0 amide bonds. The molecule has 3 heterocycles. The van der Waals surface area contributed by atoms with Gasteiger partial charge in [0.2, 0.25) is 5.65 Å². The van der Waals surface area contributed by atoms with E-state index in [4.69, 9.17) is 11.6 Å². The third-order valence-electron chi connectivity index (χ3n) is 4.28. The predicted octanol–water partition coefficient (Wildman–Crippen LogP) is 0.697. The van der Waals surface area contributed by atoms with Gasteiger partial charge < -0.3 is 14.7 Å². The van der Waals surface area contributed by atoms with Gasteiger partial charge in [0.25, 0.3) is 0 Å². The van der Waals surface area contributed by atoms with Gasteiger partial charge in [0.1, 0.15) is 5.82 Å². The summed E-state index contributed by atoms with van der Waals surface area (Å²) in [7, 11) is -0.484. The summed E-state index contributed by atoms with van der Waals surface area (Å²) < 4.78 is 15.3. The molecule has 0 unspecified atom stereocenters. The number of piperazine rings is 1. The van der Waals surface area contributed by atoms with Gasteiger partial charge >= 0.3 is 7.05 Å². The Labute approximate surface area is 141 Å². The molecule has 11 heteroatoms. The summed E-state index contributed by atoms with van der Waals surface area (Å²) in [5.74, 6) is 0.0634. The number of halogens is 2. The van der Waals surface area contributed by atoms with Crippen LogP contribution in [0.15, 0.2) is 12.1 Å². The van der Waals surface area contributed by atoms with Crippen molar-refractivity contribution in [2.45, 2.75) is 6.82 Å². The molecule has 4 rings (SSSR count). The van der Waals surface area contributed by atoms with E-state index in [0.717, 1.165) is 0 Å². The Morgan fingerprint density at radius 1 is 1.25 bits per heavy atom. The minimum atomic E-state index is -0.533. The lowest BCUT2D eigenvalue weighted by atomic mass is 9.84. The molecule has 0 aliphatic carbocycles. The van der Waals surface area contributed by atoms with Gasteiger partial charge in [-0.25, -0.2) is 9.37 Å². The molecule has 0 radical (unpaired) electrons. The Morgan fingerprint density at radius 2 is 2.00 bits per heavy atom. The minimum absolute atomic E-state index is 0.000558. The predicted molar refractivity (Wildman–Crippen MR) is 88.7 cm³/mol. The molecule has 24 heavy (non-hydrogen) atoms. The van der Waals surface area contributed by atoms with E-state index in [2.05, 4.69) is 20.5 Å². The van der Waals surface area contributed by atoms with Gasteiger partial charge in [-0.15, -0.1) is 5.10 Å². The average molecular weight is 350 g/mol. The lowest BCUT2D eigenvalue weighted by Gasteiger charge is -2.35. The van der Waals surface area contributed by atoms with Crippen LogP contribution in [0.2, 0.25) is 11.8 Å². The van der Waals surface area contributed by atoms with Crippen molar-refractivity contribution in [3.05, 3.63) is 23.0 Å². The highest BCUT2D eigenvalue weighted by Gasteiger charge is 2.26. The summed E-state index contributed by atoms with van der Waals surface area (Å²) in [4.78, 5) is 8.56. The molecular weight excluding hydrogens is 335 g/mol. The van der Waals surface area contributed by atoms with Gasteiger partial charge in [-0.3, -0.25) is 0 Å². The van der Waals surface area contributed by atoms with Gasteiger partial charge in [0, 0.05) is 32.2 Å². The van der Waals surface area contributed by atoms with Crippen molar-refractivity contribution in [2.24, 2.45) is 0 Å². The Kier molecular flexibility index (Phi) is 3.74. The fourth-order valence-corrected chi connectivity index (χ4v) is 3.12. The van der Waals surface area contributed by atoms with E-state index in [1.165, 1.54) is 16.6 Å². The maximum absolute atomic E-state index is 13.8. The van der Waals surface area contributed by atoms with E-state index in [0.29, 0.717) is 48.7 Å². The molecule has 0 spiro atoms. The number of nitrogens with zero attached hydrogens (tertiary/aromatic N) is 7. The molecule has 3 aromatic rings. The van der Waals surface area contributed by atoms with Crippen molar-refractivity contribution in [3.8, 4) is 0 Å². The highest BCUT2D eigenvalue weighted by molar-refractivity contribution is 6.45. The van der Waals surface area contributed by atoms with E-state index >= 15 is 0 Å². The highest BCUT2D eigenvalue weighted by Crippen LogP contribution is 2.27. The van der Waals surface area contributed by atoms with Crippen molar-refractivity contribution < 1.29 is 9.41 Å². The Balaban J connectivity index is 1.80. The topological polar surface area (TPSA) is 82.7 Å². The van der Waals surface area contributed by atoms with Crippen LogP contribution in [0.1, 0.15) is 0 Å². The second-order valence-electron chi connectivity index (χ2n) is 5.76. The largest absolute Gasteiger partial charge is 0.437 e. The first-order valence-electron chi connectivity index (χ1n) is 7.58. The first kappa shape index (κ1) is 15.5. The van der Waals surface area contributed by atoms with Gasteiger partial charge in [-0.1, -0.05) is 11.6 Å². The summed E-state index contributed by atoms with van der Waals surface area (Å²) >= 11 is 5.86. The van der Waals surface area contributed by atoms with Gasteiger partial charge in [-0.05, 0) is 23.3 Å². The van der Waals surface area contributed by atoms with E-state index in [1.54, 1.807) is 6.82 Å². The number of aromatic nitrogens is 5. The van der Waals surface area contributed by atoms with Crippen molar-refractivity contribution in [3.63, 3.8) is 0 Å². The molecule has 0 bridgehead atoms. The SMILES string of the molecule is CB(O)N1CCN(c2nc3cc(F)c(Cl)cc3n3nnnc23)CC1. The third-order valence-corrected chi connectivity index (χ3v) is 4.57. The van der Waals surface area contributed by atoms with Crippen LogP contribution >= 0.6 is 11.6 Å². The summed E-state index contributed by atoms with van der Waals surface area (Å²) in [6.45, 7) is 4.47. The molecule has 0 atom stereocenters. The lowest BCUT2D eigenvalue weighted by Crippen LogP contribution is -2.51. The number of rotatable bonds is 2. The zero-order chi connectivity index (χ0) is 16.8. The fourth-order valence-electron chi connectivity index (χ4n) is 2.96. The molecule has 124 valence electrons. The van der Waals surface area contributed by atoms with Crippen LogP contribution in [-0.4, -0.2) is 68.1 Å². The minimum Gasteiger partial charge on any atom is -0.437 e. The van der Waals surface area contributed by atoms with E-state index in [9.17, 15) is 9.41 Å². The number of fused-ring (bicyclic) bond motifs is 3. The van der Waals surface area contributed by atoms with Crippen LogP contribution in [-0.2, 0) is 0 Å². The monoisotopic (exact) mass is 349 g/mol. The number of benzene rings is 1. The van der Waals surface area contributed by atoms with Crippen LogP contribution < -0.4 is 4.90 Å². The van der Waals surface area contributed by atoms with E-state index in [1.807, 2.05) is 9.71 Å². The van der Waals surface area contributed by atoms with Crippen LogP contribution in [0.4, 0.5) is 10.2 Å². The zero-order valence-electron chi connectivity index (χ0n) is 12.9. The van der Waals surface area contributed by atoms with Crippen LogP contribution in [0.25, 0.3) is 16.7 Å². The zero-order valence-corrected chi connectivity index (χ0v) is 13.7. The number of hydrogen-bond donors (Lipinski definition) is 1. The van der Waals surface area contributed by atoms with E-state index < -0.39 is 12.9 Å². The second-order valence-corrected chi connectivity index (χ2v) is 6.17. The molecule has 1 aliphatic rings. The lowest BCUT2D eigenvalue weighted by molar-refractivity contribution is 0.344. The normalized spacial score (nSPS) is 16.2. The van der Waals surface area contributed by atoms with Gasteiger partial charge in [0.15, 0.2) is 5.82 Å². The molecule has 1 aromatic carbocycles. The Hall–Kier alpha value is -2.04. The molecule has 2 aromatic heterocycles. The molecule has 1 N–H and O–H groups in total. The number of anilines is 1. The third kappa shape index (κ3) is 2.47. The standard InChI is InChI=1S/C13H14BClFN7O/c1-14(24)22-4-2-21(3-5-22)12-13-18-19-20-23(13)11-6-8(15)9(16)7-10(11)17-12/h6-7,24H,2-5H2,1H3. The number of hydrogen-bond acceptors (Lipinski definition) is 7. The van der Waals surface area contributed by atoms with Gasteiger partial charge in [-0.2, -0.15) is 4.52 Å². The maximum Gasteiger partial charge on any atom is 0.376 e. The summed E-state index contributed by atoms with van der Waals surface area (Å²) in [5.41, 5.74) is 1.48. The first-order valence-corrected chi connectivity index (χ1v) is 7.96. The van der Waals surface area contributed by atoms with Crippen molar-refractivity contribution in [1.29, 1.82) is 0 Å². The Bertz CT molecular complexity index is 912. The molecule has 0 saturated carbocycles. The van der Waals surface area contributed by atoms with Crippen LogP contribution in [0.5, 0.6) is 0 Å². The second kappa shape index (κ2) is 5.80. The van der Waals surface area contributed by atoms with Crippen LogP contribution in [0.3, 0.4) is 0 Å². The molecule has 1 saturated heterocycles. The van der Waals surface area contributed by atoms with Crippen molar-refractivity contribution in [2.75, 3.05) is 31.1 Å². The quantitative estimate of drug-likeness (QED) is 0.682. The highest BCUT2D eigenvalue weighted by atomic mass is 35.5. The maximum atomic E-state index is 13.8. The summed E-state index contributed by atoms with van der Waals surface area (Å²) in [6, 6.07) is 2.76. The fraction of sp³-hybridized carbons (Fsp3) is 0.385. The molecule has 1 aliphatic heterocycles. The van der Waals surface area contributed by atoms with Crippen molar-refractivity contribution >= 4 is 41.1 Å². The average Bonchev–Trinajstić information content (AvgIpc) is 3.05. The van der Waals surface area contributed by atoms with Gasteiger partial charge in [0.05, 0.1) is 16.1 Å². The first-order chi connectivity index (χ1) is 11.5. The summed E-state index contributed by atoms with van der Waals surface area (Å²) in [5, 5.41) is 21.4. The Morgan fingerprint density at radius 3 is 2.71 bits per heavy atom. The number of tetrazole rings is 1. The van der Waals surface area contributed by atoms with Crippen molar-refractivity contribution in [1.82, 2.24) is 29.8 Å². The smallest absolute Gasteiger partial charge is 0.376 e. The molecule has 8 nitrogen and oxygen atoms in total. The van der Waals surface area contributed by atoms with Crippen LogP contribution in [0, 0.1) is 5.82 Å². The summed E-state index contributed by atoms with van der Waals surface area (Å²) in [6.07, 6.45) is 0. The molecular formula is C13H14BClFN7O. The molecule has 1 fully saturated rings. The van der Waals surface area contributed by atoms with E-state index in [-0.39, 0.29) is 5.02 Å².